The van der Waals surface area contributed by atoms with Gasteiger partial charge in [0.15, 0.2) is 0 Å². The highest BCUT2D eigenvalue weighted by Crippen LogP contribution is 2.39. The number of hydrogen-bond acceptors (Lipinski definition) is 5. The standard InChI is InChI=1S/C16H31N3O2/c1-5-21-14(20)16(17,13-6-7-13)12-18-8-10-19(11-9-18)15(2,3)4/h13H,5-12,17H2,1-4H3. The zero-order chi connectivity index (χ0) is 15.7. The highest BCUT2D eigenvalue weighted by atomic mass is 16.5. The maximum absolute atomic E-state index is 12.3. The van der Waals surface area contributed by atoms with Crippen LogP contribution in [0.5, 0.6) is 0 Å². The quantitative estimate of drug-likeness (QED) is 0.769. The number of carbonyl (C=O) groups excluding carboxylic acids is 1. The van der Waals surface area contributed by atoms with Crippen LogP contribution in [0.15, 0.2) is 0 Å². The highest BCUT2D eigenvalue weighted by Gasteiger charge is 2.50. The summed E-state index contributed by atoms with van der Waals surface area (Å²) in [5.74, 6) is 0.0861. The van der Waals surface area contributed by atoms with Crippen molar-refractivity contribution >= 4 is 5.97 Å². The Labute approximate surface area is 128 Å². The molecule has 0 radical (unpaired) electrons. The van der Waals surface area contributed by atoms with Crippen molar-refractivity contribution < 1.29 is 9.53 Å². The van der Waals surface area contributed by atoms with Crippen LogP contribution in [0.4, 0.5) is 0 Å². The minimum atomic E-state index is -0.806. The largest absolute Gasteiger partial charge is 0.465 e. The third kappa shape index (κ3) is 3.96. The van der Waals surface area contributed by atoms with Crippen molar-refractivity contribution in [1.29, 1.82) is 0 Å². The SMILES string of the molecule is CCOC(=O)C(N)(CN1CCN(C(C)(C)C)CC1)C1CC1. The van der Waals surface area contributed by atoms with Gasteiger partial charge in [-0.3, -0.25) is 9.80 Å². The molecule has 5 nitrogen and oxygen atoms in total. The fourth-order valence-electron chi connectivity index (χ4n) is 3.17. The van der Waals surface area contributed by atoms with Crippen LogP contribution in [0.1, 0.15) is 40.5 Å². The van der Waals surface area contributed by atoms with Gasteiger partial charge in [0.25, 0.3) is 0 Å². The van der Waals surface area contributed by atoms with Crippen molar-refractivity contribution in [2.75, 3.05) is 39.3 Å². The molecule has 2 rings (SSSR count). The normalized spacial score (nSPS) is 24.6. The van der Waals surface area contributed by atoms with Crippen LogP contribution in [0.25, 0.3) is 0 Å². The summed E-state index contributed by atoms with van der Waals surface area (Å²) in [6.07, 6.45) is 2.11. The first-order valence-corrected chi connectivity index (χ1v) is 8.21. The van der Waals surface area contributed by atoms with Gasteiger partial charge in [0, 0.05) is 38.3 Å². The van der Waals surface area contributed by atoms with Crippen LogP contribution in [0, 0.1) is 5.92 Å². The first-order chi connectivity index (χ1) is 9.77. The Morgan fingerprint density at radius 2 is 1.76 bits per heavy atom. The maximum Gasteiger partial charge on any atom is 0.327 e. The van der Waals surface area contributed by atoms with E-state index >= 15 is 0 Å². The molecular weight excluding hydrogens is 266 g/mol. The van der Waals surface area contributed by atoms with Gasteiger partial charge in [0.2, 0.25) is 0 Å². The molecule has 0 aromatic carbocycles. The lowest BCUT2D eigenvalue weighted by Gasteiger charge is -2.44. The molecule has 1 saturated heterocycles. The Morgan fingerprint density at radius 1 is 1.19 bits per heavy atom. The van der Waals surface area contributed by atoms with E-state index in [1.807, 2.05) is 6.92 Å². The summed E-state index contributed by atoms with van der Waals surface area (Å²) in [5.41, 5.74) is 5.86. The average molecular weight is 297 g/mol. The van der Waals surface area contributed by atoms with E-state index in [9.17, 15) is 4.79 Å². The fraction of sp³-hybridized carbons (Fsp3) is 0.938. The Bertz CT molecular complexity index is 368. The minimum absolute atomic E-state index is 0.212. The molecule has 1 saturated carbocycles. The summed E-state index contributed by atoms with van der Waals surface area (Å²) in [6, 6.07) is 0. The number of hydrogen-bond donors (Lipinski definition) is 1. The summed E-state index contributed by atoms with van der Waals surface area (Å²) >= 11 is 0. The number of piperazine rings is 1. The maximum atomic E-state index is 12.3. The van der Waals surface area contributed by atoms with E-state index in [0.717, 1.165) is 39.0 Å². The monoisotopic (exact) mass is 297 g/mol. The summed E-state index contributed by atoms with van der Waals surface area (Å²) in [4.78, 5) is 17.1. The second-order valence-electron chi connectivity index (χ2n) is 7.47. The topological polar surface area (TPSA) is 58.8 Å². The van der Waals surface area contributed by atoms with Crippen molar-refractivity contribution in [2.24, 2.45) is 11.7 Å². The second kappa shape index (κ2) is 6.23. The molecule has 1 atom stereocenters. The van der Waals surface area contributed by atoms with Gasteiger partial charge in [-0.1, -0.05) is 0 Å². The van der Waals surface area contributed by atoms with E-state index in [4.69, 9.17) is 10.5 Å². The van der Waals surface area contributed by atoms with E-state index in [-0.39, 0.29) is 11.5 Å². The molecule has 1 unspecified atom stereocenters. The number of esters is 1. The first-order valence-electron chi connectivity index (χ1n) is 8.21. The second-order valence-corrected chi connectivity index (χ2v) is 7.47. The molecule has 21 heavy (non-hydrogen) atoms. The van der Waals surface area contributed by atoms with Crippen molar-refractivity contribution in [3.05, 3.63) is 0 Å². The molecule has 0 aromatic heterocycles. The molecule has 122 valence electrons. The predicted molar refractivity (Wildman–Crippen MR) is 84.0 cm³/mol. The van der Waals surface area contributed by atoms with Crippen molar-refractivity contribution in [3.63, 3.8) is 0 Å². The van der Waals surface area contributed by atoms with E-state index in [1.165, 1.54) is 0 Å². The van der Waals surface area contributed by atoms with E-state index in [1.54, 1.807) is 0 Å². The lowest BCUT2D eigenvalue weighted by Crippen LogP contribution is -2.62. The van der Waals surface area contributed by atoms with Crippen LogP contribution >= 0.6 is 0 Å². The Morgan fingerprint density at radius 3 is 2.19 bits per heavy atom. The number of ether oxygens (including phenoxy) is 1. The first kappa shape index (κ1) is 16.7. The van der Waals surface area contributed by atoms with E-state index in [2.05, 4.69) is 30.6 Å². The predicted octanol–water partition coefficient (Wildman–Crippen LogP) is 1.07. The molecule has 0 amide bonds. The van der Waals surface area contributed by atoms with Crippen LogP contribution in [-0.2, 0) is 9.53 Å². The smallest absolute Gasteiger partial charge is 0.327 e. The third-order valence-electron chi connectivity index (χ3n) is 4.77. The fourth-order valence-corrected chi connectivity index (χ4v) is 3.17. The van der Waals surface area contributed by atoms with Crippen molar-refractivity contribution in [2.45, 2.75) is 51.6 Å². The number of rotatable bonds is 5. The van der Waals surface area contributed by atoms with Gasteiger partial charge in [0.1, 0.15) is 5.54 Å². The molecule has 1 aliphatic heterocycles. The molecule has 2 N–H and O–H groups in total. The van der Waals surface area contributed by atoms with Gasteiger partial charge < -0.3 is 10.5 Å². The van der Waals surface area contributed by atoms with Gasteiger partial charge in [0.05, 0.1) is 6.61 Å². The van der Waals surface area contributed by atoms with Crippen LogP contribution in [0.2, 0.25) is 0 Å². The number of carbonyl (C=O) groups is 1. The van der Waals surface area contributed by atoms with Gasteiger partial charge in [-0.15, -0.1) is 0 Å². The van der Waals surface area contributed by atoms with E-state index in [0.29, 0.717) is 19.1 Å². The van der Waals surface area contributed by atoms with Crippen LogP contribution in [-0.4, -0.2) is 66.2 Å². The van der Waals surface area contributed by atoms with Crippen LogP contribution < -0.4 is 5.73 Å². The minimum Gasteiger partial charge on any atom is -0.465 e. The molecule has 2 fully saturated rings. The average Bonchev–Trinajstić information content (AvgIpc) is 3.23. The highest BCUT2D eigenvalue weighted by molar-refractivity contribution is 5.82. The van der Waals surface area contributed by atoms with Crippen molar-refractivity contribution in [1.82, 2.24) is 9.80 Å². The lowest BCUT2D eigenvalue weighted by atomic mass is 9.93. The molecule has 0 spiro atoms. The summed E-state index contributed by atoms with van der Waals surface area (Å²) in [6.45, 7) is 13.6. The molecular formula is C16H31N3O2. The summed E-state index contributed by atoms with van der Waals surface area (Å²) in [5, 5.41) is 0. The summed E-state index contributed by atoms with van der Waals surface area (Å²) < 4.78 is 5.22. The van der Waals surface area contributed by atoms with Crippen molar-refractivity contribution in [3.8, 4) is 0 Å². The zero-order valence-electron chi connectivity index (χ0n) is 14.0. The van der Waals surface area contributed by atoms with Gasteiger partial charge in [-0.2, -0.15) is 0 Å². The Hall–Kier alpha value is -0.650. The molecule has 0 bridgehead atoms. The third-order valence-corrected chi connectivity index (χ3v) is 4.77. The molecule has 5 heteroatoms. The molecule has 1 heterocycles. The van der Waals surface area contributed by atoms with Gasteiger partial charge >= 0.3 is 5.97 Å². The molecule has 0 aromatic rings. The van der Waals surface area contributed by atoms with Gasteiger partial charge in [-0.05, 0) is 46.5 Å². The summed E-state index contributed by atoms with van der Waals surface area (Å²) in [7, 11) is 0. The lowest BCUT2D eigenvalue weighted by molar-refractivity contribution is -0.151. The Balaban J connectivity index is 1.92. The molecule has 1 aliphatic carbocycles. The van der Waals surface area contributed by atoms with E-state index < -0.39 is 5.54 Å². The van der Waals surface area contributed by atoms with Gasteiger partial charge in [-0.25, -0.2) is 4.79 Å². The zero-order valence-corrected chi connectivity index (χ0v) is 14.0. The molecule has 2 aliphatic rings. The Kier molecular flexibility index (Phi) is 4.96. The van der Waals surface area contributed by atoms with Crippen LogP contribution in [0.3, 0.4) is 0 Å². The number of nitrogens with two attached hydrogens (primary N) is 1. The number of nitrogens with zero attached hydrogens (tertiary/aromatic N) is 2.